The van der Waals surface area contributed by atoms with Crippen LogP contribution >= 0.6 is 0 Å². The van der Waals surface area contributed by atoms with Gasteiger partial charge in [-0.2, -0.15) is 0 Å². The summed E-state index contributed by atoms with van der Waals surface area (Å²) in [5, 5.41) is 1.28. The fourth-order valence-corrected chi connectivity index (χ4v) is 3.01. The number of aryl methyl sites for hydroxylation is 2. The summed E-state index contributed by atoms with van der Waals surface area (Å²) in [5.74, 6) is 0.169. The average molecular weight is 303 g/mol. The van der Waals surface area contributed by atoms with Crippen molar-refractivity contribution in [1.82, 2.24) is 14.5 Å². The van der Waals surface area contributed by atoms with Crippen LogP contribution in [0.4, 0.5) is 4.39 Å². The Bertz CT molecular complexity index is 873. The van der Waals surface area contributed by atoms with Crippen molar-refractivity contribution < 1.29 is 8.60 Å². The topological polar surface area (TPSA) is 47.8 Å². The number of nitrogens with zero attached hydrogens (tertiary/aromatic N) is 3. The summed E-state index contributed by atoms with van der Waals surface area (Å²) in [4.78, 5) is 8.96. The van der Waals surface area contributed by atoms with E-state index in [4.69, 9.17) is 0 Å². The van der Waals surface area contributed by atoms with E-state index in [0.29, 0.717) is 16.5 Å². The average Bonchev–Trinajstić information content (AvgIpc) is 2.79. The summed E-state index contributed by atoms with van der Waals surface area (Å²) in [5.41, 5.74) is 2.21. The maximum absolute atomic E-state index is 13.2. The highest BCUT2D eigenvalue weighted by Gasteiger charge is 2.15. The van der Waals surface area contributed by atoms with Crippen LogP contribution in [0.2, 0.25) is 0 Å². The maximum Gasteiger partial charge on any atom is 0.163 e. The molecule has 0 fully saturated rings. The first-order chi connectivity index (χ1) is 9.97. The van der Waals surface area contributed by atoms with Gasteiger partial charge in [-0.1, -0.05) is 0 Å². The molecular formula is C15H14FN3OS. The van der Waals surface area contributed by atoms with Gasteiger partial charge in [0.2, 0.25) is 0 Å². The molecule has 1 aromatic carbocycles. The molecule has 0 spiro atoms. The molecule has 0 aliphatic carbocycles. The van der Waals surface area contributed by atoms with Crippen LogP contribution in [0.1, 0.15) is 5.56 Å². The highest BCUT2D eigenvalue weighted by molar-refractivity contribution is 7.84. The predicted octanol–water partition coefficient (Wildman–Crippen LogP) is 2.82. The van der Waals surface area contributed by atoms with Crippen molar-refractivity contribution in [2.45, 2.75) is 11.9 Å². The number of hydrogen-bond acceptors (Lipinski definition) is 3. The Balaban J connectivity index is 2.32. The maximum atomic E-state index is 13.2. The molecule has 1 atom stereocenters. The molecule has 0 saturated carbocycles. The minimum Gasteiger partial charge on any atom is -0.335 e. The molecule has 0 aliphatic heterocycles. The number of fused-ring (bicyclic) bond motifs is 1. The van der Waals surface area contributed by atoms with E-state index in [0.717, 1.165) is 16.5 Å². The highest BCUT2D eigenvalue weighted by atomic mass is 32.2. The van der Waals surface area contributed by atoms with Crippen LogP contribution in [0.5, 0.6) is 0 Å². The highest BCUT2D eigenvalue weighted by Crippen LogP contribution is 2.26. The van der Waals surface area contributed by atoms with E-state index in [1.165, 1.54) is 12.1 Å². The van der Waals surface area contributed by atoms with Crippen LogP contribution in [-0.4, -0.2) is 25.0 Å². The van der Waals surface area contributed by atoms with E-state index in [1.54, 1.807) is 19.2 Å². The van der Waals surface area contributed by atoms with Gasteiger partial charge in [0.05, 0.1) is 16.2 Å². The van der Waals surface area contributed by atoms with E-state index >= 15 is 0 Å². The predicted molar refractivity (Wildman–Crippen MR) is 81.0 cm³/mol. The van der Waals surface area contributed by atoms with Gasteiger partial charge in [0.1, 0.15) is 16.5 Å². The quantitative estimate of drug-likeness (QED) is 0.684. The van der Waals surface area contributed by atoms with Crippen LogP contribution in [0, 0.1) is 12.7 Å². The van der Waals surface area contributed by atoms with Gasteiger partial charge in [0.25, 0.3) is 0 Å². The van der Waals surface area contributed by atoms with Gasteiger partial charge in [-0.15, -0.1) is 0 Å². The van der Waals surface area contributed by atoms with E-state index in [1.807, 2.05) is 23.9 Å². The van der Waals surface area contributed by atoms with Gasteiger partial charge in [-0.25, -0.2) is 14.4 Å². The zero-order valence-electron chi connectivity index (χ0n) is 11.9. The molecule has 21 heavy (non-hydrogen) atoms. The van der Waals surface area contributed by atoms with E-state index in [2.05, 4.69) is 9.97 Å². The van der Waals surface area contributed by atoms with Crippen molar-refractivity contribution in [2.75, 3.05) is 6.26 Å². The third kappa shape index (κ3) is 2.35. The molecule has 0 amide bonds. The molecule has 1 unspecified atom stereocenters. The molecule has 6 heteroatoms. The summed E-state index contributed by atoms with van der Waals surface area (Å²) in [7, 11) is 0.650. The molecule has 3 aromatic rings. The first kappa shape index (κ1) is 13.9. The molecule has 2 heterocycles. The molecule has 2 aromatic heterocycles. The van der Waals surface area contributed by atoms with Crippen molar-refractivity contribution in [3.8, 4) is 11.4 Å². The van der Waals surface area contributed by atoms with Gasteiger partial charge in [0.15, 0.2) is 5.82 Å². The molecule has 3 rings (SSSR count). The van der Waals surface area contributed by atoms with Crippen molar-refractivity contribution in [3.05, 3.63) is 41.8 Å². The van der Waals surface area contributed by atoms with Crippen molar-refractivity contribution >= 4 is 21.8 Å². The Labute approximate surface area is 124 Å². The standard InChI is InChI=1S/C15H14FN3OS/c1-9-8-10(16)4-5-11(9)13-17-14-12(6-7-19(14)2)15(18-13)21(3)20/h4-8H,1-3H3. The van der Waals surface area contributed by atoms with Crippen LogP contribution in [0.3, 0.4) is 0 Å². The van der Waals surface area contributed by atoms with Crippen LogP contribution in [0.15, 0.2) is 35.5 Å². The van der Waals surface area contributed by atoms with E-state index in [9.17, 15) is 8.60 Å². The lowest BCUT2D eigenvalue weighted by Gasteiger charge is -2.08. The lowest BCUT2D eigenvalue weighted by molar-refractivity contribution is 0.627. The number of aromatic nitrogens is 3. The molecule has 0 bridgehead atoms. The molecule has 0 saturated heterocycles. The fourth-order valence-electron chi connectivity index (χ4n) is 2.33. The lowest BCUT2D eigenvalue weighted by atomic mass is 10.1. The number of benzene rings is 1. The Kier molecular flexibility index (Phi) is 3.33. The normalized spacial score (nSPS) is 12.8. The van der Waals surface area contributed by atoms with Gasteiger partial charge in [-0.05, 0) is 36.8 Å². The van der Waals surface area contributed by atoms with Crippen molar-refractivity contribution in [2.24, 2.45) is 7.05 Å². The summed E-state index contributed by atoms with van der Waals surface area (Å²) >= 11 is 0. The number of hydrogen-bond donors (Lipinski definition) is 0. The Morgan fingerprint density at radius 3 is 2.67 bits per heavy atom. The third-order valence-corrected chi connectivity index (χ3v) is 4.25. The second-order valence-electron chi connectivity index (χ2n) is 4.93. The van der Waals surface area contributed by atoms with Crippen LogP contribution < -0.4 is 0 Å². The molecule has 4 nitrogen and oxygen atoms in total. The minimum atomic E-state index is -1.22. The molecule has 0 aliphatic rings. The first-order valence-electron chi connectivity index (χ1n) is 6.40. The van der Waals surface area contributed by atoms with Crippen molar-refractivity contribution in [1.29, 1.82) is 0 Å². The SMILES string of the molecule is Cc1cc(F)ccc1-c1nc(S(C)=O)c2ccn(C)c2n1. The zero-order valence-corrected chi connectivity index (χ0v) is 12.7. The Morgan fingerprint density at radius 2 is 2.00 bits per heavy atom. The fraction of sp³-hybridized carbons (Fsp3) is 0.200. The molecule has 108 valence electrons. The molecular weight excluding hydrogens is 289 g/mol. The second-order valence-corrected chi connectivity index (χ2v) is 6.22. The minimum absolute atomic E-state index is 0.296. The number of rotatable bonds is 2. The summed E-state index contributed by atoms with van der Waals surface area (Å²) < 4.78 is 27.0. The van der Waals surface area contributed by atoms with Crippen LogP contribution in [0.25, 0.3) is 22.4 Å². The van der Waals surface area contributed by atoms with E-state index in [-0.39, 0.29) is 5.82 Å². The van der Waals surface area contributed by atoms with Gasteiger partial charge < -0.3 is 4.57 Å². The third-order valence-electron chi connectivity index (χ3n) is 3.39. The van der Waals surface area contributed by atoms with Gasteiger partial charge in [-0.3, -0.25) is 4.21 Å². The zero-order chi connectivity index (χ0) is 15.1. The van der Waals surface area contributed by atoms with Gasteiger partial charge >= 0.3 is 0 Å². The number of halogens is 1. The van der Waals surface area contributed by atoms with E-state index < -0.39 is 10.8 Å². The molecule has 0 N–H and O–H groups in total. The van der Waals surface area contributed by atoms with Crippen LogP contribution in [-0.2, 0) is 17.8 Å². The summed E-state index contributed by atoms with van der Waals surface area (Å²) in [6, 6.07) is 6.32. The smallest absolute Gasteiger partial charge is 0.163 e. The lowest BCUT2D eigenvalue weighted by Crippen LogP contribution is -2.01. The first-order valence-corrected chi connectivity index (χ1v) is 7.96. The molecule has 0 radical (unpaired) electrons. The largest absolute Gasteiger partial charge is 0.335 e. The Hall–Kier alpha value is -2.08. The van der Waals surface area contributed by atoms with Crippen molar-refractivity contribution in [3.63, 3.8) is 0 Å². The Morgan fingerprint density at radius 1 is 1.24 bits per heavy atom. The monoisotopic (exact) mass is 303 g/mol. The second kappa shape index (κ2) is 5.04. The summed E-state index contributed by atoms with van der Waals surface area (Å²) in [6.07, 6.45) is 3.45. The summed E-state index contributed by atoms with van der Waals surface area (Å²) in [6.45, 7) is 1.81. The van der Waals surface area contributed by atoms with Gasteiger partial charge in [0, 0.05) is 25.1 Å².